The van der Waals surface area contributed by atoms with Crippen molar-refractivity contribution in [1.29, 1.82) is 0 Å². The molecule has 21 heavy (non-hydrogen) atoms. The monoisotopic (exact) mass is 429 g/mol. The van der Waals surface area contributed by atoms with E-state index >= 15 is 0 Å². The minimum atomic E-state index is -0.0919. The van der Waals surface area contributed by atoms with Gasteiger partial charge >= 0.3 is 0 Å². The van der Waals surface area contributed by atoms with Gasteiger partial charge in [0.1, 0.15) is 0 Å². The van der Waals surface area contributed by atoms with Gasteiger partial charge in [-0.25, -0.2) is 9.97 Å². The molecule has 0 bridgehead atoms. The molecule has 0 fully saturated rings. The molecule has 0 spiro atoms. The Balaban J connectivity index is 1.95. The molecule has 1 aromatic carbocycles. The van der Waals surface area contributed by atoms with Gasteiger partial charge in [-0.05, 0) is 54.0 Å². The smallest absolute Gasteiger partial charge is 0.234 e. The fraction of sp³-hybridized carbons (Fsp3) is 0.214. The Morgan fingerprint density at radius 1 is 1.19 bits per heavy atom. The summed E-state index contributed by atoms with van der Waals surface area (Å²) in [7, 11) is 0. The number of amides is 1. The predicted molar refractivity (Wildman–Crippen MR) is 92.7 cm³/mol. The van der Waals surface area contributed by atoms with Crippen molar-refractivity contribution in [2.45, 2.75) is 19.0 Å². The third-order valence-corrected chi connectivity index (χ3v) is 4.50. The first kappa shape index (κ1) is 16.5. The molecule has 4 nitrogen and oxygen atoms in total. The molecular formula is C14H13Br2N3OS. The highest BCUT2D eigenvalue weighted by Gasteiger charge is 2.08. The van der Waals surface area contributed by atoms with Crippen molar-refractivity contribution >= 4 is 55.2 Å². The van der Waals surface area contributed by atoms with Crippen LogP contribution in [0.3, 0.4) is 0 Å². The second-order valence-corrected chi connectivity index (χ2v) is 7.11. The van der Waals surface area contributed by atoms with Crippen LogP contribution in [0.1, 0.15) is 11.4 Å². The van der Waals surface area contributed by atoms with Gasteiger partial charge in [0.25, 0.3) is 0 Å². The first-order valence-electron chi connectivity index (χ1n) is 6.14. The molecule has 0 aliphatic rings. The molecule has 1 N–H and O–H groups in total. The van der Waals surface area contributed by atoms with Crippen LogP contribution < -0.4 is 5.32 Å². The van der Waals surface area contributed by atoms with Gasteiger partial charge in [-0.15, -0.1) is 0 Å². The van der Waals surface area contributed by atoms with Gasteiger partial charge < -0.3 is 5.32 Å². The topological polar surface area (TPSA) is 54.9 Å². The van der Waals surface area contributed by atoms with Crippen molar-refractivity contribution < 1.29 is 4.79 Å². The lowest BCUT2D eigenvalue weighted by molar-refractivity contribution is -0.113. The van der Waals surface area contributed by atoms with Gasteiger partial charge in [-0.1, -0.05) is 27.7 Å². The Bertz CT molecular complexity index is 659. The number of carbonyl (C=O) groups excluding carboxylic acids is 1. The predicted octanol–water partition coefficient (Wildman–Crippen LogP) is 4.35. The number of thioether (sulfide) groups is 1. The number of aryl methyl sites for hydroxylation is 2. The fourth-order valence-corrected chi connectivity index (χ4v) is 3.56. The molecule has 0 radical (unpaired) electrons. The summed E-state index contributed by atoms with van der Waals surface area (Å²) in [5, 5.41) is 3.48. The Morgan fingerprint density at radius 3 is 2.48 bits per heavy atom. The van der Waals surface area contributed by atoms with E-state index in [-0.39, 0.29) is 11.7 Å². The van der Waals surface area contributed by atoms with E-state index < -0.39 is 0 Å². The van der Waals surface area contributed by atoms with Crippen LogP contribution in [-0.4, -0.2) is 21.6 Å². The van der Waals surface area contributed by atoms with Crippen molar-refractivity contribution in [3.8, 4) is 0 Å². The molecular weight excluding hydrogens is 418 g/mol. The Kier molecular flexibility index (Phi) is 5.78. The number of carbonyl (C=O) groups is 1. The number of rotatable bonds is 4. The molecule has 1 heterocycles. The molecule has 110 valence electrons. The van der Waals surface area contributed by atoms with Crippen molar-refractivity contribution in [2.75, 3.05) is 11.1 Å². The third kappa shape index (κ3) is 5.09. The normalized spacial score (nSPS) is 10.5. The molecule has 0 saturated heterocycles. The van der Waals surface area contributed by atoms with Gasteiger partial charge in [-0.3, -0.25) is 4.79 Å². The minimum Gasteiger partial charge on any atom is -0.324 e. The quantitative estimate of drug-likeness (QED) is 0.578. The van der Waals surface area contributed by atoms with Crippen molar-refractivity contribution in [1.82, 2.24) is 9.97 Å². The first-order valence-corrected chi connectivity index (χ1v) is 8.71. The van der Waals surface area contributed by atoms with E-state index in [0.717, 1.165) is 26.0 Å². The molecule has 1 amide bonds. The minimum absolute atomic E-state index is 0.0919. The van der Waals surface area contributed by atoms with Crippen molar-refractivity contribution in [3.63, 3.8) is 0 Å². The maximum absolute atomic E-state index is 12.0. The van der Waals surface area contributed by atoms with Crippen LogP contribution >= 0.6 is 43.6 Å². The zero-order chi connectivity index (χ0) is 15.4. The van der Waals surface area contributed by atoms with E-state index in [4.69, 9.17) is 0 Å². The third-order valence-electron chi connectivity index (χ3n) is 2.50. The highest BCUT2D eigenvalue weighted by Crippen LogP contribution is 2.26. The number of hydrogen-bond acceptors (Lipinski definition) is 4. The maximum atomic E-state index is 12.0. The number of nitrogens with one attached hydrogen (secondary N) is 1. The van der Waals surface area contributed by atoms with E-state index in [2.05, 4.69) is 47.1 Å². The van der Waals surface area contributed by atoms with Crippen LogP contribution in [0.15, 0.2) is 38.4 Å². The highest BCUT2D eigenvalue weighted by molar-refractivity contribution is 9.11. The number of halogens is 2. The summed E-state index contributed by atoms with van der Waals surface area (Å²) in [6.45, 7) is 3.83. The molecule has 0 aliphatic carbocycles. The van der Waals surface area contributed by atoms with Gasteiger partial charge in [0, 0.05) is 20.3 Å². The summed E-state index contributed by atoms with van der Waals surface area (Å²) in [5.41, 5.74) is 2.55. The van der Waals surface area contributed by atoms with Crippen LogP contribution in [0.2, 0.25) is 0 Å². The van der Waals surface area contributed by atoms with Gasteiger partial charge in [0.2, 0.25) is 5.91 Å². The average molecular weight is 431 g/mol. The summed E-state index contributed by atoms with van der Waals surface area (Å²) in [4.78, 5) is 20.6. The van der Waals surface area contributed by atoms with Crippen LogP contribution in [0, 0.1) is 13.8 Å². The molecule has 1 aromatic heterocycles. The van der Waals surface area contributed by atoms with Crippen LogP contribution in [-0.2, 0) is 4.79 Å². The van der Waals surface area contributed by atoms with Gasteiger partial charge in [0.05, 0.1) is 11.4 Å². The zero-order valence-electron chi connectivity index (χ0n) is 11.5. The lowest BCUT2D eigenvalue weighted by Gasteiger charge is -2.07. The molecule has 0 saturated carbocycles. The number of hydrogen-bond donors (Lipinski definition) is 1. The van der Waals surface area contributed by atoms with Crippen molar-refractivity contribution in [2.24, 2.45) is 0 Å². The maximum Gasteiger partial charge on any atom is 0.234 e. The molecule has 0 aliphatic heterocycles. The summed E-state index contributed by atoms with van der Waals surface area (Å²) >= 11 is 8.11. The summed E-state index contributed by atoms with van der Waals surface area (Å²) in [6, 6.07) is 7.50. The van der Waals surface area contributed by atoms with E-state index in [1.165, 1.54) is 11.8 Å². The average Bonchev–Trinajstić information content (AvgIpc) is 2.39. The summed E-state index contributed by atoms with van der Waals surface area (Å²) in [6.07, 6.45) is 0. The van der Waals surface area contributed by atoms with Crippen LogP contribution in [0.4, 0.5) is 5.69 Å². The van der Waals surface area contributed by atoms with Gasteiger partial charge in [-0.2, -0.15) is 0 Å². The second-order valence-electron chi connectivity index (χ2n) is 4.39. The number of aromatic nitrogens is 2. The van der Waals surface area contributed by atoms with E-state index in [1.54, 1.807) is 0 Å². The summed E-state index contributed by atoms with van der Waals surface area (Å²) < 4.78 is 1.78. The largest absolute Gasteiger partial charge is 0.324 e. The van der Waals surface area contributed by atoms with Crippen molar-refractivity contribution in [3.05, 3.63) is 44.6 Å². The van der Waals surface area contributed by atoms with Gasteiger partial charge in [0.15, 0.2) is 5.16 Å². The first-order chi connectivity index (χ1) is 9.94. The van der Waals surface area contributed by atoms with E-state index in [0.29, 0.717) is 5.16 Å². The second kappa shape index (κ2) is 7.38. The SMILES string of the molecule is Cc1cc(C)nc(SCC(=O)Nc2ccc(Br)cc2Br)n1. The Hall–Kier alpha value is -0.920. The number of benzene rings is 1. The molecule has 0 unspecified atom stereocenters. The fourth-order valence-electron chi connectivity index (χ4n) is 1.67. The lowest BCUT2D eigenvalue weighted by atomic mass is 10.3. The van der Waals surface area contributed by atoms with E-state index in [1.807, 2.05) is 38.1 Å². The highest BCUT2D eigenvalue weighted by atomic mass is 79.9. The summed E-state index contributed by atoms with van der Waals surface area (Å²) in [5.74, 6) is 0.177. The molecule has 7 heteroatoms. The Morgan fingerprint density at radius 2 is 1.86 bits per heavy atom. The van der Waals surface area contributed by atoms with E-state index in [9.17, 15) is 4.79 Å². The molecule has 2 aromatic rings. The molecule has 0 atom stereocenters. The number of nitrogens with zero attached hydrogens (tertiary/aromatic N) is 2. The standard InChI is InChI=1S/C14H13Br2N3OS/c1-8-5-9(2)18-14(17-8)21-7-13(20)19-12-4-3-10(15)6-11(12)16/h3-6H,7H2,1-2H3,(H,19,20). The van der Waals surface area contributed by atoms with Crippen LogP contribution in [0.25, 0.3) is 0 Å². The zero-order valence-corrected chi connectivity index (χ0v) is 15.5. The Labute approximate surface area is 144 Å². The lowest BCUT2D eigenvalue weighted by Crippen LogP contribution is -2.14. The molecule has 2 rings (SSSR count). The van der Waals surface area contributed by atoms with Crippen LogP contribution in [0.5, 0.6) is 0 Å². The number of anilines is 1.